The molecule has 0 aliphatic carbocycles. The monoisotopic (exact) mass is 370 g/mol. The topological polar surface area (TPSA) is 46.4 Å². The summed E-state index contributed by atoms with van der Waals surface area (Å²) in [6.07, 6.45) is 4.60. The fourth-order valence-corrected chi connectivity index (χ4v) is 2.49. The van der Waals surface area contributed by atoms with Gasteiger partial charge in [-0.15, -0.1) is 4.39 Å². The Balaban J connectivity index is 0.000000697. The van der Waals surface area contributed by atoms with Gasteiger partial charge in [0.2, 0.25) is 0 Å². The SMILES string of the molecule is CCCCCCN1CC[N+](CCCCCC)=C1F.O=C([O-])C(F)(F)F. The van der Waals surface area contributed by atoms with Crippen molar-refractivity contribution in [2.75, 3.05) is 26.2 Å². The molecule has 0 spiro atoms. The summed E-state index contributed by atoms with van der Waals surface area (Å²) in [5, 5.41) is 8.78. The number of amidine groups is 1. The number of hydrogen-bond acceptors (Lipinski definition) is 3. The fraction of sp³-hybridized carbons (Fsp3) is 0.882. The van der Waals surface area contributed by atoms with Crippen molar-refractivity contribution >= 4 is 12.1 Å². The minimum Gasteiger partial charge on any atom is -0.542 e. The lowest BCUT2D eigenvalue weighted by Crippen LogP contribution is -2.37. The number of carbonyl (C=O) groups excluding carboxylic acids is 1. The first-order valence-electron chi connectivity index (χ1n) is 9.04. The molecule has 0 unspecified atom stereocenters. The lowest BCUT2D eigenvalue weighted by atomic mass is 10.2. The van der Waals surface area contributed by atoms with Crippen LogP contribution < -0.4 is 5.11 Å². The molecule has 0 saturated heterocycles. The van der Waals surface area contributed by atoms with Crippen LogP contribution in [0.2, 0.25) is 0 Å². The van der Waals surface area contributed by atoms with Crippen molar-refractivity contribution in [3.63, 3.8) is 0 Å². The van der Waals surface area contributed by atoms with E-state index in [0.29, 0.717) is 0 Å². The number of carboxylic acids is 1. The summed E-state index contributed by atoms with van der Waals surface area (Å²) < 4.78 is 47.5. The van der Waals surface area contributed by atoms with Crippen molar-refractivity contribution in [3.05, 3.63) is 0 Å². The van der Waals surface area contributed by atoms with Crippen LogP contribution in [0.1, 0.15) is 65.2 Å². The van der Waals surface area contributed by atoms with Gasteiger partial charge in [-0.1, -0.05) is 39.5 Å². The van der Waals surface area contributed by atoms with E-state index in [4.69, 9.17) is 9.90 Å². The maximum atomic E-state index is 14.0. The molecule has 8 heteroatoms. The number of carbonyl (C=O) groups is 1. The van der Waals surface area contributed by atoms with E-state index < -0.39 is 12.1 Å². The van der Waals surface area contributed by atoms with Crippen LogP contribution in [0.5, 0.6) is 0 Å². The number of aliphatic carboxylic acids is 1. The molecular formula is C17H30F4N2O2. The van der Waals surface area contributed by atoms with Crippen molar-refractivity contribution in [1.82, 2.24) is 4.90 Å². The molecular weight excluding hydrogens is 340 g/mol. The van der Waals surface area contributed by atoms with Crippen LogP contribution in [0.3, 0.4) is 0 Å². The normalized spacial score (nSPS) is 14.6. The van der Waals surface area contributed by atoms with E-state index in [1.165, 1.54) is 38.5 Å². The highest BCUT2D eigenvalue weighted by Gasteiger charge is 2.30. The predicted octanol–water partition coefficient (Wildman–Crippen LogP) is 3.10. The quantitative estimate of drug-likeness (QED) is 0.257. The molecule has 4 nitrogen and oxygen atoms in total. The second-order valence-corrected chi connectivity index (χ2v) is 6.15. The van der Waals surface area contributed by atoms with Crippen molar-refractivity contribution in [2.24, 2.45) is 0 Å². The van der Waals surface area contributed by atoms with Gasteiger partial charge in [-0.05, 0) is 25.7 Å². The Hall–Kier alpha value is -1.34. The number of nitrogens with zero attached hydrogens (tertiary/aromatic N) is 2. The van der Waals surface area contributed by atoms with Gasteiger partial charge >= 0.3 is 12.3 Å². The molecule has 0 aromatic carbocycles. The molecule has 0 atom stereocenters. The van der Waals surface area contributed by atoms with Gasteiger partial charge < -0.3 is 9.90 Å². The summed E-state index contributed by atoms with van der Waals surface area (Å²) >= 11 is 0. The standard InChI is InChI=1S/C15H30FN2.C2HF3O2/c1-3-5-7-9-11-17-13-14-18(15(17)16)12-10-8-6-4-2;3-2(4,5)1(6)7/h3-14H2,1-2H3;(H,6,7)/q+1;/p-1. The van der Waals surface area contributed by atoms with Crippen LogP contribution in [0.4, 0.5) is 17.6 Å². The van der Waals surface area contributed by atoms with E-state index in [0.717, 1.165) is 39.0 Å². The summed E-state index contributed by atoms with van der Waals surface area (Å²) in [4.78, 5) is 10.7. The van der Waals surface area contributed by atoms with Gasteiger partial charge in [-0.3, -0.25) is 0 Å². The first-order chi connectivity index (χ1) is 11.7. The highest BCUT2D eigenvalue weighted by atomic mass is 19.4. The minimum absolute atomic E-state index is 0.0306. The zero-order valence-corrected chi connectivity index (χ0v) is 15.2. The molecule has 25 heavy (non-hydrogen) atoms. The van der Waals surface area contributed by atoms with Gasteiger partial charge in [0.25, 0.3) is 0 Å². The molecule has 1 aliphatic heterocycles. The molecule has 0 fully saturated rings. The van der Waals surface area contributed by atoms with Gasteiger partial charge in [0.05, 0.1) is 13.1 Å². The van der Waals surface area contributed by atoms with Gasteiger partial charge in [0.1, 0.15) is 19.1 Å². The minimum atomic E-state index is -5.19. The van der Waals surface area contributed by atoms with E-state index in [2.05, 4.69) is 13.8 Å². The molecule has 1 aliphatic rings. The van der Waals surface area contributed by atoms with Gasteiger partial charge in [0.15, 0.2) is 0 Å². The third-order valence-corrected chi connectivity index (χ3v) is 3.96. The molecule has 0 aromatic rings. The number of alkyl halides is 3. The Kier molecular flexibility index (Phi) is 12.2. The second kappa shape index (κ2) is 12.9. The van der Waals surface area contributed by atoms with Gasteiger partial charge in [-0.2, -0.15) is 13.2 Å². The lowest BCUT2D eigenvalue weighted by molar-refractivity contribution is -0.523. The average Bonchev–Trinajstić information content (AvgIpc) is 2.88. The molecule has 0 N–H and O–H groups in total. The Morgan fingerprint density at radius 1 is 1.08 bits per heavy atom. The smallest absolute Gasteiger partial charge is 0.436 e. The third kappa shape index (κ3) is 11.0. The van der Waals surface area contributed by atoms with Crippen LogP contribution in [0.15, 0.2) is 0 Å². The molecule has 0 aromatic heterocycles. The number of unbranched alkanes of at least 4 members (excludes halogenated alkanes) is 6. The van der Waals surface area contributed by atoms with Crippen LogP contribution >= 0.6 is 0 Å². The first-order valence-corrected chi connectivity index (χ1v) is 9.04. The largest absolute Gasteiger partial charge is 0.542 e. The number of carboxylic acid groups (broad SMARTS) is 1. The average molecular weight is 370 g/mol. The van der Waals surface area contributed by atoms with E-state index >= 15 is 0 Å². The van der Waals surface area contributed by atoms with Crippen LogP contribution in [-0.2, 0) is 4.79 Å². The molecule has 0 saturated carbocycles. The van der Waals surface area contributed by atoms with E-state index in [1.54, 1.807) is 0 Å². The molecule has 0 bridgehead atoms. The Morgan fingerprint density at radius 3 is 2.08 bits per heavy atom. The molecule has 0 amide bonds. The maximum absolute atomic E-state index is 14.0. The van der Waals surface area contributed by atoms with Crippen molar-refractivity contribution in [1.29, 1.82) is 0 Å². The molecule has 0 radical (unpaired) electrons. The zero-order chi connectivity index (χ0) is 19.3. The van der Waals surface area contributed by atoms with E-state index in [1.807, 2.05) is 9.48 Å². The van der Waals surface area contributed by atoms with E-state index in [9.17, 15) is 17.6 Å². The summed E-state index contributed by atoms with van der Waals surface area (Å²) in [7, 11) is 0. The van der Waals surface area contributed by atoms with Gasteiger partial charge in [0, 0.05) is 0 Å². The third-order valence-electron chi connectivity index (χ3n) is 3.96. The van der Waals surface area contributed by atoms with Crippen LogP contribution in [0.25, 0.3) is 0 Å². The first kappa shape index (κ1) is 23.7. The number of hydrogen-bond donors (Lipinski definition) is 0. The maximum Gasteiger partial charge on any atom is 0.436 e. The summed E-state index contributed by atoms with van der Waals surface area (Å²) in [6, 6.07) is 0. The van der Waals surface area contributed by atoms with Gasteiger partial charge in [-0.25, -0.2) is 9.48 Å². The Labute approximate surface area is 147 Å². The van der Waals surface area contributed by atoms with E-state index in [-0.39, 0.29) is 6.09 Å². The van der Waals surface area contributed by atoms with Crippen molar-refractivity contribution in [3.8, 4) is 0 Å². The molecule has 148 valence electrons. The fourth-order valence-electron chi connectivity index (χ4n) is 2.49. The van der Waals surface area contributed by atoms with Crippen molar-refractivity contribution < 1.29 is 32.0 Å². The number of halogens is 4. The number of rotatable bonds is 10. The van der Waals surface area contributed by atoms with Crippen molar-refractivity contribution in [2.45, 2.75) is 71.4 Å². The highest BCUT2D eigenvalue weighted by molar-refractivity contribution is 5.70. The highest BCUT2D eigenvalue weighted by Crippen LogP contribution is 2.11. The van der Waals surface area contributed by atoms with Crippen LogP contribution in [0, 0.1) is 0 Å². The summed E-state index contributed by atoms with van der Waals surface area (Å²) in [5.74, 6) is -3.01. The summed E-state index contributed by atoms with van der Waals surface area (Å²) in [5.41, 5.74) is 0. The Bertz CT molecular complexity index is 412. The van der Waals surface area contributed by atoms with Crippen LogP contribution in [-0.4, -0.2) is 53.9 Å². The lowest BCUT2D eigenvalue weighted by Gasteiger charge is -2.07. The zero-order valence-electron chi connectivity index (χ0n) is 15.2. The Morgan fingerprint density at radius 2 is 1.60 bits per heavy atom. The second-order valence-electron chi connectivity index (χ2n) is 6.15. The summed E-state index contributed by atoms with van der Waals surface area (Å²) in [6.45, 7) is 7.98. The molecule has 1 rings (SSSR count). The predicted molar refractivity (Wildman–Crippen MR) is 87.0 cm³/mol. The molecule has 1 heterocycles.